The van der Waals surface area contributed by atoms with Gasteiger partial charge in [0, 0.05) is 0 Å². The first kappa shape index (κ1) is 38.9. The molecule has 5 fully saturated rings. The van der Waals surface area contributed by atoms with Gasteiger partial charge in [0.1, 0.15) is 91.6 Å². The summed E-state index contributed by atoms with van der Waals surface area (Å²) in [5.74, 6) is -1.74. The second-order valence-corrected chi connectivity index (χ2v) is 12.2. The molecule has 5 aliphatic rings. The number of aliphatic hydroxyl groups excluding tert-OH is 12. The second-order valence-electron chi connectivity index (χ2n) is 12.2. The summed E-state index contributed by atoms with van der Waals surface area (Å²) in [5.41, 5.74) is 0. The summed E-state index contributed by atoms with van der Waals surface area (Å²) in [6.45, 7) is -1.98. The molecule has 13 N–H and O–H groups in total. The third kappa shape index (κ3) is 8.17. The second kappa shape index (κ2) is 16.1. The van der Waals surface area contributed by atoms with Crippen molar-refractivity contribution in [2.24, 2.45) is 0 Å². The Bertz CT molecular complexity index is 1090. The van der Waals surface area contributed by atoms with Gasteiger partial charge in [0.25, 0.3) is 0 Å². The first-order valence-corrected chi connectivity index (χ1v) is 15.2. The van der Waals surface area contributed by atoms with Crippen LogP contribution in [0.3, 0.4) is 0 Å². The van der Waals surface area contributed by atoms with E-state index in [0.29, 0.717) is 0 Å². The maximum atomic E-state index is 11.6. The topological polar surface area (TPSA) is 363 Å². The van der Waals surface area contributed by atoms with E-state index >= 15 is 0 Å². The van der Waals surface area contributed by atoms with E-state index in [0.717, 1.165) is 0 Å². The third-order valence-corrected chi connectivity index (χ3v) is 8.78. The molecule has 21 atom stereocenters. The van der Waals surface area contributed by atoms with Crippen LogP contribution in [0.5, 0.6) is 0 Å². The van der Waals surface area contributed by atoms with Crippen LogP contribution < -0.4 is 0 Å². The van der Waals surface area contributed by atoms with E-state index in [2.05, 4.69) is 0 Å². The molecule has 23 heteroatoms. The monoisotopic (exact) mass is 722 g/mol. The summed E-state index contributed by atoms with van der Waals surface area (Å²) >= 11 is 0. The smallest absolute Gasteiger partial charge is 0.335 e. The van der Waals surface area contributed by atoms with Crippen LogP contribution in [0.15, 0.2) is 0 Å². The Morgan fingerprint density at radius 1 is 0.449 bits per heavy atom. The Morgan fingerprint density at radius 3 is 1.53 bits per heavy atom. The molecule has 0 spiro atoms. The van der Waals surface area contributed by atoms with Crippen LogP contribution in [0.25, 0.3) is 0 Å². The van der Waals surface area contributed by atoms with Crippen molar-refractivity contribution in [1.82, 2.24) is 0 Å². The SMILES string of the molecule is O=C(O)[C@H]1O[C@H](O[C@H]2[C@H](O[C@@H]3CO[C@@H](O[C@@H]4COC(O)[C@H](O)[C@H]4O)[C@H](O)[C@H]3O)OC[C@@H](O[C@@H]3OC[C@@H](O)[C@H](O)[C@H]3O)[C@@H]2O)[C@H](O)[C@@H](O)[C@@H]1O. The number of aliphatic hydroxyl groups is 12. The number of hydrogen-bond acceptors (Lipinski definition) is 22. The minimum atomic E-state index is -2.11. The van der Waals surface area contributed by atoms with E-state index in [1.165, 1.54) is 0 Å². The van der Waals surface area contributed by atoms with E-state index in [9.17, 15) is 71.2 Å². The molecule has 0 saturated carbocycles. The van der Waals surface area contributed by atoms with E-state index < -0.39 is 162 Å². The quantitative estimate of drug-likeness (QED) is 0.105. The van der Waals surface area contributed by atoms with Gasteiger partial charge < -0.3 is 109 Å². The van der Waals surface area contributed by atoms with Crippen molar-refractivity contribution in [3.63, 3.8) is 0 Å². The molecule has 5 saturated heterocycles. The van der Waals surface area contributed by atoms with Crippen molar-refractivity contribution >= 4 is 5.97 Å². The highest BCUT2D eigenvalue weighted by Crippen LogP contribution is 2.32. The lowest BCUT2D eigenvalue weighted by molar-refractivity contribution is -0.382. The molecule has 0 aromatic heterocycles. The van der Waals surface area contributed by atoms with Crippen molar-refractivity contribution < 1.29 is 114 Å². The zero-order valence-electron chi connectivity index (χ0n) is 25.3. The average Bonchev–Trinajstić information content (AvgIpc) is 3.07. The van der Waals surface area contributed by atoms with Crippen LogP contribution in [0.1, 0.15) is 0 Å². The van der Waals surface area contributed by atoms with Gasteiger partial charge in [-0.3, -0.25) is 0 Å². The standard InChI is InChI=1S/C26H42O23/c27-5-1-42-23(16(35)9(5)28)46-8-4-44-26(20(12(8)31)49-25-18(37)13(32)14(33)19(48-25)21(38)39)47-7-3-43-24(17(36)11(7)30)45-6-2-41-22(40)15(34)10(6)29/h5-20,22-37,40H,1-4H2,(H,38,39)/t5-,6-,7-,8-,9+,10+,11+,12+,13+,14+,15-,16-,17-,18-,19+,20-,22?,23+,24+,25-,26+/m1/s1. The highest BCUT2D eigenvalue weighted by Gasteiger charge is 2.54. The molecule has 0 aromatic rings. The fourth-order valence-electron chi connectivity index (χ4n) is 5.78. The molecular weight excluding hydrogens is 680 g/mol. The summed E-state index contributed by atoms with van der Waals surface area (Å²) in [7, 11) is 0. The molecule has 49 heavy (non-hydrogen) atoms. The Hall–Kier alpha value is -1.37. The Balaban J connectivity index is 1.29. The lowest BCUT2D eigenvalue weighted by atomic mass is 9.98. The van der Waals surface area contributed by atoms with Gasteiger partial charge in [-0.1, -0.05) is 0 Å². The van der Waals surface area contributed by atoms with Crippen molar-refractivity contribution in [1.29, 1.82) is 0 Å². The molecule has 0 bridgehead atoms. The predicted molar refractivity (Wildman–Crippen MR) is 143 cm³/mol. The lowest BCUT2D eigenvalue weighted by Crippen LogP contribution is -2.65. The van der Waals surface area contributed by atoms with Crippen LogP contribution >= 0.6 is 0 Å². The molecule has 0 radical (unpaired) electrons. The number of carboxylic acids is 1. The summed E-state index contributed by atoms with van der Waals surface area (Å²) in [6.07, 6.45) is -37.1. The maximum Gasteiger partial charge on any atom is 0.335 e. The Morgan fingerprint density at radius 2 is 0.918 bits per heavy atom. The third-order valence-electron chi connectivity index (χ3n) is 8.78. The molecule has 5 aliphatic heterocycles. The number of rotatable bonds is 9. The number of ether oxygens (including phenoxy) is 9. The minimum Gasteiger partial charge on any atom is -0.479 e. The van der Waals surface area contributed by atoms with Gasteiger partial charge in [-0.25, -0.2) is 4.79 Å². The summed E-state index contributed by atoms with van der Waals surface area (Å²) in [6, 6.07) is 0. The fourth-order valence-corrected chi connectivity index (χ4v) is 5.78. The first-order valence-electron chi connectivity index (χ1n) is 15.2. The number of hydrogen-bond donors (Lipinski definition) is 13. The highest BCUT2D eigenvalue weighted by molar-refractivity contribution is 5.73. The molecule has 0 aromatic carbocycles. The van der Waals surface area contributed by atoms with Gasteiger partial charge in [-0.15, -0.1) is 0 Å². The van der Waals surface area contributed by atoms with Crippen molar-refractivity contribution in [2.45, 2.75) is 129 Å². The minimum absolute atomic E-state index is 0.413. The van der Waals surface area contributed by atoms with E-state index in [4.69, 9.17) is 42.6 Å². The maximum absolute atomic E-state index is 11.6. The van der Waals surface area contributed by atoms with Gasteiger partial charge in [-0.2, -0.15) is 0 Å². The molecule has 23 nitrogen and oxygen atoms in total. The van der Waals surface area contributed by atoms with E-state index in [-0.39, 0.29) is 0 Å². The Labute approximate surface area is 275 Å². The number of carbonyl (C=O) groups is 1. The molecule has 284 valence electrons. The zero-order chi connectivity index (χ0) is 35.9. The normalized spacial score (nSPS) is 52.9. The van der Waals surface area contributed by atoms with Crippen LogP contribution in [-0.2, 0) is 47.4 Å². The molecular formula is C26H42O23. The van der Waals surface area contributed by atoms with Crippen molar-refractivity contribution in [3.05, 3.63) is 0 Å². The van der Waals surface area contributed by atoms with Gasteiger partial charge in [0.15, 0.2) is 37.6 Å². The van der Waals surface area contributed by atoms with Gasteiger partial charge in [0.2, 0.25) is 0 Å². The van der Waals surface area contributed by atoms with Crippen molar-refractivity contribution in [2.75, 3.05) is 26.4 Å². The average molecular weight is 723 g/mol. The fraction of sp³-hybridized carbons (Fsp3) is 0.962. The predicted octanol–water partition coefficient (Wildman–Crippen LogP) is -9.28. The van der Waals surface area contributed by atoms with Crippen LogP contribution in [-0.4, -0.2) is 228 Å². The molecule has 0 amide bonds. The zero-order valence-corrected chi connectivity index (χ0v) is 25.3. The van der Waals surface area contributed by atoms with Crippen LogP contribution in [0.2, 0.25) is 0 Å². The Kier molecular flexibility index (Phi) is 12.8. The molecule has 5 rings (SSSR count). The van der Waals surface area contributed by atoms with Crippen LogP contribution in [0.4, 0.5) is 0 Å². The molecule has 5 heterocycles. The lowest BCUT2D eigenvalue weighted by Gasteiger charge is -2.47. The molecule has 0 aliphatic carbocycles. The largest absolute Gasteiger partial charge is 0.479 e. The number of aliphatic carboxylic acids is 1. The van der Waals surface area contributed by atoms with Gasteiger partial charge in [0.05, 0.1) is 26.4 Å². The summed E-state index contributed by atoms with van der Waals surface area (Å²) in [5, 5.41) is 133. The van der Waals surface area contributed by atoms with Crippen LogP contribution in [0, 0.1) is 0 Å². The van der Waals surface area contributed by atoms with E-state index in [1.807, 2.05) is 0 Å². The van der Waals surface area contributed by atoms with Gasteiger partial charge in [-0.05, 0) is 0 Å². The van der Waals surface area contributed by atoms with Gasteiger partial charge >= 0.3 is 5.97 Å². The van der Waals surface area contributed by atoms with E-state index in [1.54, 1.807) is 0 Å². The van der Waals surface area contributed by atoms with Crippen molar-refractivity contribution in [3.8, 4) is 0 Å². The summed E-state index contributed by atoms with van der Waals surface area (Å²) < 4.78 is 48.7. The highest BCUT2D eigenvalue weighted by atomic mass is 16.8. The molecule has 1 unspecified atom stereocenters. The summed E-state index contributed by atoms with van der Waals surface area (Å²) in [4.78, 5) is 11.6. The first-order chi connectivity index (χ1) is 23.1. The number of carboxylic acid groups (broad SMARTS) is 1.